The summed E-state index contributed by atoms with van der Waals surface area (Å²) >= 11 is 1.00. The average Bonchev–Trinajstić information content (AvgIpc) is 2.97. The lowest BCUT2D eigenvalue weighted by atomic mass is 10.1. The lowest BCUT2D eigenvalue weighted by Gasteiger charge is -2.07. The molecule has 0 radical (unpaired) electrons. The summed E-state index contributed by atoms with van der Waals surface area (Å²) < 4.78 is 10.3. The molecule has 0 aliphatic rings. The second-order valence-electron chi connectivity index (χ2n) is 6.67. The number of carbonyl (C=O) groups is 3. The van der Waals surface area contributed by atoms with Crippen LogP contribution in [-0.4, -0.2) is 30.6 Å². The quantitative estimate of drug-likeness (QED) is 0.521. The van der Waals surface area contributed by atoms with Gasteiger partial charge in [-0.2, -0.15) is 0 Å². The van der Waals surface area contributed by atoms with E-state index in [9.17, 15) is 14.4 Å². The molecule has 1 amide bonds. The van der Waals surface area contributed by atoms with Crippen molar-refractivity contribution in [2.75, 3.05) is 11.9 Å². The van der Waals surface area contributed by atoms with Gasteiger partial charge in [0.1, 0.15) is 9.88 Å². The predicted octanol–water partition coefficient (Wildman–Crippen LogP) is 4.76. The number of anilines is 1. The molecule has 2 aromatic rings. The molecule has 0 aliphatic heterocycles. The lowest BCUT2D eigenvalue weighted by Crippen LogP contribution is -2.13. The zero-order valence-electron chi connectivity index (χ0n) is 17.2. The Labute approximate surface area is 174 Å². The number of carbonyl (C=O) groups excluding carboxylic acids is 3. The van der Waals surface area contributed by atoms with Gasteiger partial charge in [-0.25, -0.2) is 9.59 Å². The third kappa shape index (κ3) is 6.02. The van der Waals surface area contributed by atoms with Crippen LogP contribution in [0.1, 0.15) is 57.5 Å². The summed E-state index contributed by atoms with van der Waals surface area (Å²) in [4.78, 5) is 37.4. The summed E-state index contributed by atoms with van der Waals surface area (Å²) in [6.07, 6.45) is 2.75. The standard InChI is InChI=1S/C22H25NO5S/c1-6-27-21(25)18-15(5)19(22(26)28-13(2)3)29-20(18)23-17(24)12-11-16-9-7-14(4)8-10-16/h7-13H,6H2,1-5H3,(H,23,24)/b12-11+. The number of nitrogens with one attached hydrogen (secondary N) is 1. The maximum atomic E-state index is 12.4. The molecule has 2 rings (SSSR count). The Morgan fingerprint density at radius 3 is 2.34 bits per heavy atom. The minimum Gasteiger partial charge on any atom is -0.462 e. The van der Waals surface area contributed by atoms with Crippen molar-refractivity contribution < 1.29 is 23.9 Å². The minimum absolute atomic E-state index is 0.171. The van der Waals surface area contributed by atoms with Crippen molar-refractivity contribution in [3.63, 3.8) is 0 Å². The van der Waals surface area contributed by atoms with Gasteiger partial charge in [0, 0.05) is 6.08 Å². The van der Waals surface area contributed by atoms with Crippen LogP contribution in [0.4, 0.5) is 5.00 Å². The molecule has 1 heterocycles. The second kappa shape index (κ2) is 10.0. The summed E-state index contributed by atoms with van der Waals surface area (Å²) in [6.45, 7) is 8.98. The third-order valence-corrected chi connectivity index (χ3v) is 5.08. The number of rotatable bonds is 7. The molecule has 0 spiro atoms. The molecule has 0 saturated carbocycles. The van der Waals surface area contributed by atoms with Crippen LogP contribution in [0.15, 0.2) is 30.3 Å². The zero-order chi connectivity index (χ0) is 21.6. The van der Waals surface area contributed by atoms with E-state index < -0.39 is 17.8 Å². The van der Waals surface area contributed by atoms with Crippen molar-refractivity contribution in [1.29, 1.82) is 0 Å². The SMILES string of the molecule is CCOC(=O)c1c(NC(=O)/C=C/c2ccc(C)cc2)sc(C(=O)OC(C)C)c1C. The van der Waals surface area contributed by atoms with Gasteiger partial charge in [0.2, 0.25) is 5.91 Å². The van der Waals surface area contributed by atoms with E-state index in [0.717, 1.165) is 22.5 Å². The van der Waals surface area contributed by atoms with Crippen molar-refractivity contribution in [2.45, 2.75) is 40.7 Å². The molecule has 154 valence electrons. The fraction of sp³-hybridized carbons (Fsp3) is 0.318. The number of ether oxygens (including phenoxy) is 2. The molecule has 1 aromatic heterocycles. The first-order valence-corrected chi connectivity index (χ1v) is 10.1. The van der Waals surface area contributed by atoms with E-state index in [1.165, 1.54) is 6.08 Å². The van der Waals surface area contributed by atoms with Crippen molar-refractivity contribution in [3.8, 4) is 0 Å². The number of amides is 1. The Bertz CT molecular complexity index is 925. The highest BCUT2D eigenvalue weighted by Crippen LogP contribution is 2.34. The minimum atomic E-state index is -0.595. The summed E-state index contributed by atoms with van der Waals surface area (Å²) in [7, 11) is 0. The molecule has 0 bridgehead atoms. The van der Waals surface area contributed by atoms with Gasteiger partial charge in [0.25, 0.3) is 0 Å². The van der Waals surface area contributed by atoms with E-state index >= 15 is 0 Å². The highest BCUT2D eigenvalue weighted by atomic mass is 32.1. The van der Waals surface area contributed by atoms with E-state index in [2.05, 4.69) is 5.32 Å². The molecule has 6 nitrogen and oxygen atoms in total. The number of benzene rings is 1. The van der Waals surface area contributed by atoms with Gasteiger partial charge in [-0.15, -0.1) is 11.3 Å². The third-order valence-electron chi connectivity index (χ3n) is 3.90. The monoisotopic (exact) mass is 415 g/mol. The lowest BCUT2D eigenvalue weighted by molar-refractivity contribution is -0.111. The van der Waals surface area contributed by atoms with E-state index in [4.69, 9.17) is 9.47 Å². The summed E-state index contributed by atoms with van der Waals surface area (Å²) in [6, 6.07) is 7.70. The molecule has 29 heavy (non-hydrogen) atoms. The molecule has 1 aromatic carbocycles. The molecule has 0 atom stereocenters. The van der Waals surface area contributed by atoms with Crippen LogP contribution in [0.3, 0.4) is 0 Å². The molecular weight excluding hydrogens is 390 g/mol. The molecule has 0 saturated heterocycles. The Hall–Kier alpha value is -2.93. The Kier molecular flexibility index (Phi) is 7.73. The molecule has 0 unspecified atom stereocenters. The van der Waals surface area contributed by atoms with Gasteiger partial charge in [-0.05, 0) is 51.8 Å². The molecule has 1 N–H and O–H groups in total. The zero-order valence-corrected chi connectivity index (χ0v) is 18.0. The van der Waals surface area contributed by atoms with Gasteiger partial charge >= 0.3 is 11.9 Å². The maximum absolute atomic E-state index is 12.4. The van der Waals surface area contributed by atoms with E-state index in [1.54, 1.807) is 33.8 Å². The summed E-state index contributed by atoms with van der Waals surface area (Å²) in [5.74, 6) is -1.55. The van der Waals surface area contributed by atoms with E-state index in [0.29, 0.717) is 5.56 Å². The number of hydrogen-bond acceptors (Lipinski definition) is 6. The van der Waals surface area contributed by atoms with Gasteiger partial charge < -0.3 is 14.8 Å². The van der Waals surface area contributed by atoms with Gasteiger partial charge in [0.15, 0.2) is 0 Å². The number of hydrogen-bond donors (Lipinski definition) is 1. The topological polar surface area (TPSA) is 81.7 Å². The Morgan fingerprint density at radius 1 is 1.10 bits per heavy atom. The molecular formula is C22H25NO5S. The van der Waals surface area contributed by atoms with Crippen LogP contribution in [0.5, 0.6) is 0 Å². The van der Waals surface area contributed by atoms with Crippen LogP contribution in [0.2, 0.25) is 0 Å². The van der Waals surface area contributed by atoms with Gasteiger partial charge in [-0.3, -0.25) is 4.79 Å². The van der Waals surface area contributed by atoms with Gasteiger partial charge in [0.05, 0.1) is 18.3 Å². The van der Waals surface area contributed by atoms with Crippen molar-refractivity contribution in [3.05, 3.63) is 57.5 Å². The molecule has 0 aliphatic carbocycles. The largest absolute Gasteiger partial charge is 0.462 e. The van der Waals surface area contributed by atoms with Crippen molar-refractivity contribution in [1.82, 2.24) is 0 Å². The number of esters is 2. The fourth-order valence-electron chi connectivity index (χ4n) is 2.52. The highest BCUT2D eigenvalue weighted by Gasteiger charge is 2.27. The first-order chi connectivity index (χ1) is 13.7. The highest BCUT2D eigenvalue weighted by molar-refractivity contribution is 7.18. The van der Waals surface area contributed by atoms with E-state index in [1.807, 2.05) is 31.2 Å². The van der Waals surface area contributed by atoms with Crippen LogP contribution < -0.4 is 5.32 Å². The maximum Gasteiger partial charge on any atom is 0.348 e. The van der Waals surface area contributed by atoms with Gasteiger partial charge in [-0.1, -0.05) is 29.8 Å². The van der Waals surface area contributed by atoms with Crippen molar-refractivity contribution in [2.24, 2.45) is 0 Å². The summed E-state index contributed by atoms with van der Waals surface area (Å²) in [5.41, 5.74) is 2.60. The normalized spacial score (nSPS) is 11.0. The molecule has 7 heteroatoms. The average molecular weight is 416 g/mol. The fourth-order valence-corrected chi connectivity index (χ4v) is 3.60. The first-order valence-electron chi connectivity index (χ1n) is 9.30. The van der Waals surface area contributed by atoms with Crippen LogP contribution in [0, 0.1) is 13.8 Å². The Balaban J connectivity index is 2.29. The first kappa shape index (κ1) is 22.4. The second-order valence-corrected chi connectivity index (χ2v) is 7.69. The Morgan fingerprint density at radius 2 is 1.76 bits per heavy atom. The number of thiophene rings is 1. The van der Waals surface area contributed by atoms with Crippen molar-refractivity contribution >= 4 is 40.3 Å². The number of aryl methyl sites for hydroxylation is 1. The van der Waals surface area contributed by atoms with Crippen LogP contribution >= 0.6 is 11.3 Å². The van der Waals surface area contributed by atoms with E-state index in [-0.39, 0.29) is 28.2 Å². The molecule has 0 fully saturated rings. The smallest absolute Gasteiger partial charge is 0.348 e. The van der Waals surface area contributed by atoms with Crippen LogP contribution in [-0.2, 0) is 14.3 Å². The summed E-state index contributed by atoms with van der Waals surface area (Å²) in [5, 5.41) is 2.94. The van der Waals surface area contributed by atoms with Crippen LogP contribution in [0.25, 0.3) is 6.08 Å². The predicted molar refractivity (Wildman–Crippen MR) is 114 cm³/mol.